The van der Waals surface area contributed by atoms with Gasteiger partial charge in [0.2, 0.25) is 5.91 Å². The maximum Gasteiger partial charge on any atom is 0.350 e. The molecule has 38 heavy (non-hydrogen) atoms. The zero-order valence-electron chi connectivity index (χ0n) is 21.2. The molecule has 5 rings (SSSR count). The standard InChI is InChI=1S/C27H28F2N4O4S/c1-4-22(34)31-7-9-32(10-8-31)26-20-11-16(2)23(19-6-5-17(28)12-21(19)29)25-24(20)33(27(35)30-26)13-18(14-38-25)37-15-36-3/h4-6,11-12,18H,1,7-10,13-15H2,2-3H3/t18-/m0/s1. The lowest BCUT2D eigenvalue weighted by atomic mass is 9.97. The average Bonchev–Trinajstić information content (AvgIpc) is 3.10. The molecule has 0 aliphatic carbocycles. The molecule has 200 valence electrons. The van der Waals surface area contributed by atoms with Crippen molar-refractivity contribution in [2.24, 2.45) is 0 Å². The Bertz CT molecular complexity index is 1470. The van der Waals surface area contributed by atoms with Crippen LogP contribution in [-0.2, 0) is 20.8 Å². The maximum atomic E-state index is 15.1. The second-order valence-electron chi connectivity index (χ2n) is 9.27. The summed E-state index contributed by atoms with van der Waals surface area (Å²) >= 11 is 1.47. The number of methoxy groups -OCH3 is 1. The summed E-state index contributed by atoms with van der Waals surface area (Å²) < 4.78 is 41.3. The number of nitrogens with zero attached hydrogens (tertiary/aromatic N) is 4. The van der Waals surface area contributed by atoms with Crippen molar-refractivity contribution >= 4 is 34.4 Å². The molecule has 0 radical (unpaired) electrons. The van der Waals surface area contributed by atoms with Crippen LogP contribution >= 0.6 is 11.8 Å². The fraction of sp³-hybridized carbons (Fsp3) is 0.370. The number of rotatable bonds is 6. The molecule has 0 N–H and O–H groups in total. The normalized spacial score (nSPS) is 17.5. The van der Waals surface area contributed by atoms with E-state index in [1.165, 1.54) is 37.1 Å². The summed E-state index contributed by atoms with van der Waals surface area (Å²) in [6.45, 7) is 7.70. The summed E-state index contributed by atoms with van der Waals surface area (Å²) in [5.41, 5.74) is 1.84. The van der Waals surface area contributed by atoms with Crippen LogP contribution in [0.4, 0.5) is 14.6 Å². The number of anilines is 1. The topological polar surface area (TPSA) is 76.9 Å². The van der Waals surface area contributed by atoms with Crippen LogP contribution in [-0.4, -0.2) is 72.3 Å². The predicted octanol–water partition coefficient (Wildman–Crippen LogP) is 3.58. The van der Waals surface area contributed by atoms with Crippen molar-refractivity contribution in [2.45, 2.75) is 24.5 Å². The molecule has 1 saturated heterocycles. The van der Waals surface area contributed by atoms with Crippen LogP contribution in [0.25, 0.3) is 22.0 Å². The van der Waals surface area contributed by atoms with Crippen LogP contribution in [0.1, 0.15) is 5.56 Å². The van der Waals surface area contributed by atoms with E-state index < -0.39 is 17.3 Å². The second kappa shape index (κ2) is 10.8. The molecule has 0 bridgehead atoms. The maximum absolute atomic E-state index is 15.1. The van der Waals surface area contributed by atoms with Gasteiger partial charge in [0.25, 0.3) is 0 Å². The minimum atomic E-state index is -0.674. The lowest BCUT2D eigenvalue weighted by Gasteiger charge is -2.35. The number of aromatic nitrogens is 2. The van der Waals surface area contributed by atoms with Gasteiger partial charge in [-0.05, 0) is 36.8 Å². The van der Waals surface area contributed by atoms with Crippen LogP contribution in [0.5, 0.6) is 0 Å². The first-order valence-corrected chi connectivity index (χ1v) is 13.2. The highest BCUT2D eigenvalue weighted by atomic mass is 32.2. The van der Waals surface area contributed by atoms with Crippen LogP contribution in [0.2, 0.25) is 0 Å². The minimum absolute atomic E-state index is 0.0666. The molecule has 3 heterocycles. The average molecular weight is 543 g/mol. The van der Waals surface area contributed by atoms with E-state index in [4.69, 9.17) is 9.47 Å². The molecule has 3 aromatic rings. The molecule has 2 aromatic carbocycles. The van der Waals surface area contributed by atoms with Gasteiger partial charge >= 0.3 is 5.69 Å². The zero-order valence-corrected chi connectivity index (χ0v) is 22.0. The summed E-state index contributed by atoms with van der Waals surface area (Å²) in [5.74, 6) is -0.442. The third-order valence-corrected chi connectivity index (χ3v) is 8.11. The Morgan fingerprint density at radius 3 is 2.68 bits per heavy atom. The fourth-order valence-corrected chi connectivity index (χ4v) is 6.39. The number of amides is 1. The van der Waals surface area contributed by atoms with E-state index in [0.29, 0.717) is 48.8 Å². The SMILES string of the molecule is C=CC(=O)N1CCN(c2nc(=O)n3c4c(c(-c5ccc(F)cc5F)c(C)cc24)SC[C@@H](OCOC)C3)CC1. The van der Waals surface area contributed by atoms with Crippen molar-refractivity contribution in [2.75, 3.05) is 50.7 Å². The Hall–Kier alpha value is -3.28. The van der Waals surface area contributed by atoms with Crippen LogP contribution in [0.3, 0.4) is 0 Å². The Morgan fingerprint density at radius 2 is 2.00 bits per heavy atom. The number of aryl methyl sites for hydroxylation is 1. The van der Waals surface area contributed by atoms with E-state index in [1.54, 1.807) is 9.47 Å². The number of carbonyl (C=O) groups excluding carboxylic acids is 1. The van der Waals surface area contributed by atoms with E-state index >= 15 is 4.39 Å². The first kappa shape index (κ1) is 26.3. The highest BCUT2D eigenvalue weighted by Gasteiger charge is 2.30. The molecular formula is C27H28F2N4O4S. The van der Waals surface area contributed by atoms with Crippen molar-refractivity contribution in [1.82, 2.24) is 14.5 Å². The fourth-order valence-electron chi connectivity index (χ4n) is 5.07. The van der Waals surface area contributed by atoms with Gasteiger partial charge in [-0.1, -0.05) is 6.58 Å². The summed E-state index contributed by atoms with van der Waals surface area (Å²) in [4.78, 5) is 34.5. The molecular weight excluding hydrogens is 514 g/mol. The van der Waals surface area contributed by atoms with Crippen molar-refractivity contribution in [1.29, 1.82) is 0 Å². The van der Waals surface area contributed by atoms with Gasteiger partial charge in [-0.25, -0.2) is 13.6 Å². The van der Waals surface area contributed by atoms with Crippen molar-refractivity contribution in [3.63, 3.8) is 0 Å². The van der Waals surface area contributed by atoms with E-state index in [2.05, 4.69) is 11.6 Å². The molecule has 1 fully saturated rings. The second-order valence-corrected chi connectivity index (χ2v) is 10.3. The smallest absolute Gasteiger partial charge is 0.350 e. The molecule has 1 aromatic heterocycles. The molecule has 11 heteroatoms. The first-order valence-electron chi connectivity index (χ1n) is 12.3. The lowest BCUT2D eigenvalue weighted by Crippen LogP contribution is -2.49. The molecule has 0 saturated carbocycles. The van der Waals surface area contributed by atoms with Crippen molar-refractivity contribution in [3.05, 3.63) is 64.6 Å². The van der Waals surface area contributed by atoms with E-state index in [1.807, 2.05) is 17.9 Å². The lowest BCUT2D eigenvalue weighted by molar-refractivity contribution is -0.126. The Labute approximate surface area is 222 Å². The highest BCUT2D eigenvalue weighted by Crippen LogP contribution is 2.44. The summed E-state index contributed by atoms with van der Waals surface area (Å²) in [5, 5.41) is 0.756. The number of piperazine rings is 1. The van der Waals surface area contributed by atoms with E-state index in [9.17, 15) is 14.0 Å². The molecule has 1 atom stereocenters. The number of benzene rings is 2. The first-order chi connectivity index (χ1) is 18.3. The molecule has 0 spiro atoms. The third kappa shape index (κ3) is 4.81. The van der Waals surface area contributed by atoms with E-state index in [0.717, 1.165) is 21.9 Å². The van der Waals surface area contributed by atoms with Gasteiger partial charge in [0, 0.05) is 66.5 Å². The molecule has 2 aliphatic rings. The molecule has 8 nitrogen and oxygen atoms in total. The van der Waals surface area contributed by atoms with Gasteiger partial charge in [0.1, 0.15) is 24.2 Å². The number of halogens is 2. The predicted molar refractivity (Wildman–Crippen MR) is 143 cm³/mol. The van der Waals surface area contributed by atoms with Gasteiger partial charge in [-0.15, -0.1) is 11.8 Å². The summed E-state index contributed by atoms with van der Waals surface area (Å²) in [7, 11) is 1.53. The van der Waals surface area contributed by atoms with Crippen LogP contribution < -0.4 is 10.6 Å². The van der Waals surface area contributed by atoms with Crippen LogP contribution in [0.15, 0.2) is 46.6 Å². The third-order valence-electron chi connectivity index (χ3n) is 6.88. The Morgan fingerprint density at radius 1 is 1.24 bits per heavy atom. The van der Waals surface area contributed by atoms with Crippen molar-refractivity contribution in [3.8, 4) is 11.1 Å². The van der Waals surface area contributed by atoms with Gasteiger partial charge in [0.15, 0.2) is 0 Å². The number of hydrogen-bond acceptors (Lipinski definition) is 7. The van der Waals surface area contributed by atoms with Gasteiger partial charge in [-0.3, -0.25) is 9.36 Å². The monoisotopic (exact) mass is 542 g/mol. The van der Waals surface area contributed by atoms with Gasteiger partial charge in [0.05, 0.1) is 18.2 Å². The van der Waals surface area contributed by atoms with Gasteiger partial charge < -0.3 is 19.3 Å². The minimum Gasteiger partial charge on any atom is -0.359 e. The van der Waals surface area contributed by atoms with Crippen LogP contribution in [0, 0.1) is 18.6 Å². The number of hydrogen-bond donors (Lipinski definition) is 0. The molecule has 0 unspecified atom stereocenters. The Balaban J connectivity index is 1.69. The highest BCUT2D eigenvalue weighted by molar-refractivity contribution is 7.99. The van der Waals surface area contributed by atoms with E-state index in [-0.39, 0.29) is 30.9 Å². The van der Waals surface area contributed by atoms with Crippen molar-refractivity contribution < 1.29 is 23.0 Å². The molecule has 1 amide bonds. The van der Waals surface area contributed by atoms with Gasteiger partial charge in [-0.2, -0.15) is 4.98 Å². The number of ether oxygens (including phenoxy) is 2. The Kier molecular flexibility index (Phi) is 7.51. The zero-order chi connectivity index (χ0) is 27.0. The molecule has 2 aliphatic heterocycles. The summed E-state index contributed by atoms with van der Waals surface area (Å²) in [6.07, 6.45) is 0.950. The summed E-state index contributed by atoms with van der Waals surface area (Å²) in [6, 6.07) is 5.44. The quantitative estimate of drug-likeness (QED) is 0.348. The number of thioether (sulfide) groups is 1. The number of carbonyl (C=O) groups is 1. The largest absolute Gasteiger partial charge is 0.359 e.